The fraction of sp³-hybridized carbons (Fsp3) is 0.316. The molecule has 1 saturated carbocycles. The van der Waals surface area contributed by atoms with E-state index in [9.17, 15) is 17.6 Å². The molecule has 9 heteroatoms. The molecule has 2 aromatic carbocycles. The number of nitrogens with zero attached hydrogens (tertiary/aromatic N) is 2. The highest BCUT2D eigenvalue weighted by Crippen LogP contribution is 2.31. The van der Waals surface area contributed by atoms with Crippen LogP contribution in [0.1, 0.15) is 18.4 Å². The van der Waals surface area contributed by atoms with Crippen LogP contribution in [0.5, 0.6) is 0 Å². The lowest BCUT2D eigenvalue weighted by Gasteiger charge is -2.28. The fourth-order valence-electron chi connectivity index (χ4n) is 2.91. The molecule has 0 unspecified atom stereocenters. The number of carbonyl (C=O) groups is 1. The first-order chi connectivity index (χ1) is 13.2. The van der Waals surface area contributed by atoms with Crippen LogP contribution >= 0.6 is 23.2 Å². The number of halogens is 3. The van der Waals surface area contributed by atoms with Crippen molar-refractivity contribution in [2.24, 2.45) is 0 Å². The summed E-state index contributed by atoms with van der Waals surface area (Å²) >= 11 is 12.1. The molecule has 0 spiro atoms. The first kappa shape index (κ1) is 20.9. The van der Waals surface area contributed by atoms with Crippen molar-refractivity contribution in [3.63, 3.8) is 0 Å². The lowest BCUT2D eigenvalue weighted by molar-refractivity contribution is -0.130. The van der Waals surface area contributed by atoms with Gasteiger partial charge in [-0.25, -0.2) is 12.8 Å². The number of hydrogen-bond donors (Lipinski definition) is 0. The Bertz CT molecular complexity index is 976. The van der Waals surface area contributed by atoms with Gasteiger partial charge >= 0.3 is 0 Å². The highest BCUT2D eigenvalue weighted by Gasteiger charge is 2.35. The second kappa shape index (κ2) is 8.27. The smallest absolute Gasteiger partial charge is 0.243 e. The van der Waals surface area contributed by atoms with Crippen molar-refractivity contribution in [3.8, 4) is 0 Å². The number of anilines is 1. The number of benzene rings is 2. The molecule has 0 aliphatic heterocycles. The van der Waals surface area contributed by atoms with E-state index >= 15 is 0 Å². The Hall–Kier alpha value is -1.83. The van der Waals surface area contributed by atoms with Crippen LogP contribution in [0.4, 0.5) is 10.1 Å². The van der Waals surface area contributed by atoms with Crippen molar-refractivity contribution < 1.29 is 17.6 Å². The van der Waals surface area contributed by atoms with E-state index in [0.29, 0.717) is 10.7 Å². The molecule has 0 aromatic heterocycles. The van der Waals surface area contributed by atoms with E-state index in [0.717, 1.165) is 23.4 Å². The monoisotopic (exact) mass is 444 g/mol. The summed E-state index contributed by atoms with van der Waals surface area (Å²) in [5, 5.41) is 0.587. The van der Waals surface area contributed by atoms with Crippen LogP contribution in [0, 0.1) is 5.82 Å². The van der Waals surface area contributed by atoms with Gasteiger partial charge in [0.15, 0.2) is 0 Å². The minimum Gasteiger partial charge on any atom is -0.334 e. The fourth-order valence-corrected chi connectivity index (χ4v) is 4.15. The maximum atomic E-state index is 14.2. The second-order valence-electron chi connectivity index (χ2n) is 6.70. The molecule has 0 saturated heterocycles. The minimum absolute atomic E-state index is 0.0118. The van der Waals surface area contributed by atoms with Gasteiger partial charge in [0.25, 0.3) is 0 Å². The largest absolute Gasteiger partial charge is 0.334 e. The summed E-state index contributed by atoms with van der Waals surface area (Å²) in [7, 11) is -3.73. The zero-order chi connectivity index (χ0) is 20.5. The molecule has 1 amide bonds. The first-order valence-electron chi connectivity index (χ1n) is 8.62. The van der Waals surface area contributed by atoms with Gasteiger partial charge in [0.1, 0.15) is 12.4 Å². The predicted octanol–water partition coefficient (Wildman–Crippen LogP) is 4.09. The molecule has 1 fully saturated rings. The van der Waals surface area contributed by atoms with Crippen LogP contribution in [-0.4, -0.2) is 38.1 Å². The van der Waals surface area contributed by atoms with Gasteiger partial charge in [0.05, 0.1) is 18.5 Å². The number of carbonyl (C=O) groups excluding carboxylic acids is 1. The van der Waals surface area contributed by atoms with E-state index in [2.05, 4.69) is 0 Å². The molecule has 5 nitrogen and oxygen atoms in total. The van der Waals surface area contributed by atoms with Crippen LogP contribution in [0.25, 0.3) is 0 Å². The third-order valence-electron chi connectivity index (χ3n) is 4.47. The summed E-state index contributed by atoms with van der Waals surface area (Å²) in [6.07, 6.45) is 2.60. The summed E-state index contributed by atoms with van der Waals surface area (Å²) < 4.78 is 39.7. The Kier molecular flexibility index (Phi) is 6.17. The minimum atomic E-state index is -3.73. The van der Waals surface area contributed by atoms with Gasteiger partial charge in [0.2, 0.25) is 15.9 Å². The molecular formula is C19H19Cl2FN2O3S. The predicted molar refractivity (Wildman–Crippen MR) is 109 cm³/mol. The third kappa shape index (κ3) is 4.96. The lowest BCUT2D eigenvalue weighted by Crippen LogP contribution is -2.43. The molecule has 0 N–H and O–H groups in total. The molecule has 3 rings (SSSR count). The van der Waals surface area contributed by atoms with E-state index in [1.807, 2.05) is 0 Å². The van der Waals surface area contributed by atoms with Crippen molar-refractivity contribution in [2.75, 3.05) is 17.1 Å². The molecule has 0 radical (unpaired) electrons. The van der Waals surface area contributed by atoms with E-state index in [4.69, 9.17) is 23.2 Å². The van der Waals surface area contributed by atoms with Crippen molar-refractivity contribution in [1.29, 1.82) is 0 Å². The highest BCUT2D eigenvalue weighted by atomic mass is 35.5. The summed E-state index contributed by atoms with van der Waals surface area (Å²) in [5.41, 5.74) is 0.515. The van der Waals surface area contributed by atoms with Gasteiger partial charge in [-0.15, -0.1) is 0 Å². The molecule has 150 valence electrons. The van der Waals surface area contributed by atoms with Crippen LogP contribution in [-0.2, 0) is 21.4 Å². The van der Waals surface area contributed by atoms with Gasteiger partial charge < -0.3 is 4.90 Å². The van der Waals surface area contributed by atoms with Gasteiger partial charge in [-0.1, -0.05) is 35.3 Å². The average Bonchev–Trinajstić information content (AvgIpc) is 3.43. The molecule has 28 heavy (non-hydrogen) atoms. The zero-order valence-corrected chi connectivity index (χ0v) is 17.4. The lowest BCUT2D eigenvalue weighted by atomic mass is 10.2. The molecular weight excluding hydrogens is 426 g/mol. The summed E-state index contributed by atoms with van der Waals surface area (Å²) in [6, 6.07) is 10.6. The zero-order valence-electron chi connectivity index (χ0n) is 15.1. The van der Waals surface area contributed by atoms with Crippen molar-refractivity contribution in [3.05, 3.63) is 63.9 Å². The number of sulfonamides is 1. The average molecular weight is 445 g/mol. The van der Waals surface area contributed by atoms with E-state index in [-0.39, 0.29) is 23.2 Å². The van der Waals surface area contributed by atoms with Crippen LogP contribution in [0.3, 0.4) is 0 Å². The molecule has 1 aliphatic carbocycles. The van der Waals surface area contributed by atoms with E-state index < -0.39 is 28.3 Å². The molecule has 0 bridgehead atoms. The molecule has 1 aliphatic rings. The molecule has 2 aromatic rings. The standard InChI is InChI=1S/C19H19Cl2FN2O3S/c1-28(26,27)24(15-5-2-4-13(20)10-15)12-19(25)23(14-8-9-14)11-16-17(21)6-3-7-18(16)22/h2-7,10,14H,8-9,11-12H2,1H3. The summed E-state index contributed by atoms with van der Waals surface area (Å²) in [4.78, 5) is 14.5. The van der Waals surface area contributed by atoms with Gasteiger partial charge in [0, 0.05) is 21.7 Å². The Labute approximate surface area is 173 Å². The van der Waals surface area contributed by atoms with Gasteiger partial charge in [-0.3, -0.25) is 9.10 Å². The quantitative estimate of drug-likeness (QED) is 0.645. The highest BCUT2D eigenvalue weighted by molar-refractivity contribution is 7.92. The van der Waals surface area contributed by atoms with Crippen molar-refractivity contribution in [2.45, 2.75) is 25.4 Å². The summed E-state index contributed by atoms with van der Waals surface area (Å²) in [6.45, 7) is -0.413. The maximum Gasteiger partial charge on any atom is 0.243 e. The number of amides is 1. The number of hydrogen-bond acceptors (Lipinski definition) is 3. The van der Waals surface area contributed by atoms with Crippen LogP contribution in [0.15, 0.2) is 42.5 Å². The molecule has 0 atom stereocenters. The Morgan fingerprint density at radius 3 is 2.43 bits per heavy atom. The van der Waals surface area contributed by atoms with E-state index in [1.165, 1.54) is 23.1 Å². The second-order valence-corrected chi connectivity index (χ2v) is 9.45. The van der Waals surface area contributed by atoms with Crippen molar-refractivity contribution in [1.82, 2.24) is 4.90 Å². The van der Waals surface area contributed by atoms with Crippen LogP contribution in [0.2, 0.25) is 10.0 Å². The third-order valence-corrected chi connectivity index (χ3v) is 6.20. The van der Waals surface area contributed by atoms with E-state index in [1.54, 1.807) is 24.3 Å². The van der Waals surface area contributed by atoms with Gasteiger partial charge in [-0.2, -0.15) is 0 Å². The topological polar surface area (TPSA) is 57.7 Å². The summed E-state index contributed by atoms with van der Waals surface area (Å²) in [5.74, 6) is -0.923. The Morgan fingerprint density at radius 1 is 1.18 bits per heavy atom. The van der Waals surface area contributed by atoms with Crippen molar-refractivity contribution >= 4 is 44.8 Å². The van der Waals surface area contributed by atoms with Crippen LogP contribution < -0.4 is 4.31 Å². The normalized spacial score (nSPS) is 14.0. The Balaban J connectivity index is 1.86. The number of rotatable bonds is 7. The Morgan fingerprint density at radius 2 is 1.86 bits per heavy atom. The first-order valence-corrected chi connectivity index (χ1v) is 11.2. The SMILES string of the molecule is CS(=O)(=O)N(CC(=O)N(Cc1c(F)cccc1Cl)C1CC1)c1cccc(Cl)c1. The van der Waals surface area contributed by atoms with Gasteiger partial charge in [-0.05, 0) is 43.2 Å². The maximum absolute atomic E-state index is 14.2. The molecule has 0 heterocycles.